The number of nitrogens with zero attached hydrogens (tertiary/aromatic N) is 1. The van der Waals surface area contributed by atoms with Gasteiger partial charge in [-0.05, 0) is 35.0 Å². The van der Waals surface area contributed by atoms with Gasteiger partial charge in [0.1, 0.15) is 5.84 Å². The Labute approximate surface area is 103 Å². The van der Waals surface area contributed by atoms with Crippen LogP contribution in [-0.4, -0.2) is 17.6 Å². The van der Waals surface area contributed by atoms with Crippen molar-refractivity contribution in [3.8, 4) is 0 Å². The van der Waals surface area contributed by atoms with Crippen LogP contribution in [-0.2, 0) is 0 Å². The van der Waals surface area contributed by atoms with Crippen molar-refractivity contribution >= 4 is 28.4 Å². The SMILES string of the molecule is N=C1N=C(N)c2cc3ccc(C(N)=O)cc3cc21. The molecule has 2 aromatic rings. The second kappa shape index (κ2) is 3.40. The summed E-state index contributed by atoms with van der Waals surface area (Å²) in [6.45, 7) is 0. The number of aliphatic imine (C=N–C) groups is 1. The van der Waals surface area contributed by atoms with Crippen LogP contribution < -0.4 is 11.5 Å². The second-order valence-electron chi connectivity index (χ2n) is 4.17. The van der Waals surface area contributed by atoms with Gasteiger partial charge >= 0.3 is 0 Å². The van der Waals surface area contributed by atoms with E-state index in [-0.39, 0.29) is 5.84 Å². The van der Waals surface area contributed by atoms with Crippen LogP contribution in [0.1, 0.15) is 21.5 Å². The highest BCUT2D eigenvalue weighted by Crippen LogP contribution is 2.25. The third-order valence-electron chi connectivity index (χ3n) is 3.02. The molecule has 0 atom stereocenters. The lowest BCUT2D eigenvalue weighted by Gasteiger charge is -2.04. The van der Waals surface area contributed by atoms with E-state index in [0.717, 1.165) is 16.3 Å². The van der Waals surface area contributed by atoms with Gasteiger partial charge in [-0.15, -0.1) is 0 Å². The van der Waals surface area contributed by atoms with Gasteiger partial charge in [-0.3, -0.25) is 10.2 Å². The summed E-state index contributed by atoms with van der Waals surface area (Å²) in [6, 6.07) is 8.87. The number of amidine groups is 2. The van der Waals surface area contributed by atoms with Gasteiger partial charge in [0.15, 0.2) is 5.84 Å². The molecular formula is C13H10N4O. The van der Waals surface area contributed by atoms with E-state index in [0.29, 0.717) is 17.0 Å². The fourth-order valence-corrected chi connectivity index (χ4v) is 2.10. The quantitative estimate of drug-likeness (QED) is 0.689. The Bertz CT molecular complexity index is 746. The summed E-state index contributed by atoms with van der Waals surface area (Å²) < 4.78 is 0. The van der Waals surface area contributed by atoms with Crippen LogP contribution in [0.2, 0.25) is 0 Å². The third kappa shape index (κ3) is 1.37. The molecule has 1 aliphatic heterocycles. The van der Waals surface area contributed by atoms with Crippen LogP contribution in [0.4, 0.5) is 0 Å². The van der Waals surface area contributed by atoms with Crippen LogP contribution in [0.15, 0.2) is 35.3 Å². The molecule has 88 valence electrons. The molecule has 0 saturated carbocycles. The van der Waals surface area contributed by atoms with E-state index in [1.54, 1.807) is 12.1 Å². The van der Waals surface area contributed by atoms with Crippen LogP contribution in [0.5, 0.6) is 0 Å². The molecule has 0 bridgehead atoms. The Hall–Kier alpha value is -2.69. The lowest BCUT2D eigenvalue weighted by molar-refractivity contribution is 0.100. The van der Waals surface area contributed by atoms with Crippen molar-refractivity contribution in [2.75, 3.05) is 0 Å². The number of carbonyl (C=O) groups excluding carboxylic acids is 1. The molecule has 5 heteroatoms. The van der Waals surface area contributed by atoms with Crippen molar-refractivity contribution in [3.05, 3.63) is 47.0 Å². The Morgan fingerprint density at radius 3 is 2.56 bits per heavy atom. The van der Waals surface area contributed by atoms with E-state index >= 15 is 0 Å². The second-order valence-corrected chi connectivity index (χ2v) is 4.17. The van der Waals surface area contributed by atoms with Crippen LogP contribution in [0.3, 0.4) is 0 Å². The van der Waals surface area contributed by atoms with Crippen molar-refractivity contribution in [1.29, 1.82) is 5.41 Å². The molecule has 2 aromatic carbocycles. The Kier molecular flexibility index (Phi) is 1.98. The maximum atomic E-state index is 11.1. The molecular weight excluding hydrogens is 228 g/mol. The molecule has 1 amide bonds. The first-order valence-electron chi connectivity index (χ1n) is 5.37. The number of hydrogen-bond acceptors (Lipinski definition) is 3. The Morgan fingerprint density at radius 2 is 1.83 bits per heavy atom. The molecule has 5 N–H and O–H groups in total. The molecule has 0 aliphatic carbocycles. The summed E-state index contributed by atoms with van der Waals surface area (Å²) in [4.78, 5) is 15.1. The number of benzene rings is 2. The summed E-state index contributed by atoms with van der Waals surface area (Å²) in [6.07, 6.45) is 0. The zero-order valence-electron chi connectivity index (χ0n) is 9.40. The lowest BCUT2D eigenvalue weighted by Crippen LogP contribution is -2.11. The van der Waals surface area contributed by atoms with Crippen LogP contribution in [0.25, 0.3) is 10.8 Å². The van der Waals surface area contributed by atoms with Crippen molar-refractivity contribution in [1.82, 2.24) is 0 Å². The molecule has 0 fully saturated rings. The largest absolute Gasteiger partial charge is 0.383 e. The van der Waals surface area contributed by atoms with Gasteiger partial charge in [0.25, 0.3) is 0 Å². The van der Waals surface area contributed by atoms with Gasteiger partial charge < -0.3 is 11.5 Å². The van der Waals surface area contributed by atoms with Gasteiger partial charge in [0.05, 0.1) is 0 Å². The number of fused-ring (bicyclic) bond motifs is 2. The number of amides is 1. The minimum absolute atomic E-state index is 0.147. The van der Waals surface area contributed by atoms with Gasteiger partial charge in [-0.1, -0.05) is 6.07 Å². The van der Waals surface area contributed by atoms with E-state index in [1.807, 2.05) is 18.2 Å². The number of nitrogens with two attached hydrogens (primary N) is 2. The summed E-state index contributed by atoms with van der Waals surface area (Å²) in [5, 5.41) is 9.50. The Morgan fingerprint density at radius 1 is 1.11 bits per heavy atom. The normalized spacial score (nSPS) is 13.6. The minimum Gasteiger partial charge on any atom is -0.383 e. The number of hydrogen-bond donors (Lipinski definition) is 3. The molecule has 0 radical (unpaired) electrons. The lowest BCUT2D eigenvalue weighted by atomic mass is 9.99. The summed E-state index contributed by atoms with van der Waals surface area (Å²) in [5.74, 6) is 0.0352. The number of primary amides is 1. The first-order valence-corrected chi connectivity index (χ1v) is 5.37. The maximum absolute atomic E-state index is 11.1. The maximum Gasteiger partial charge on any atom is 0.248 e. The zero-order chi connectivity index (χ0) is 12.9. The highest BCUT2D eigenvalue weighted by Gasteiger charge is 2.19. The third-order valence-corrected chi connectivity index (χ3v) is 3.02. The van der Waals surface area contributed by atoms with E-state index in [2.05, 4.69) is 4.99 Å². The van der Waals surface area contributed by atoms with Crippen molar-refractivity contribution < 1.29 is 4.79 Å². The smallest absolute Gasteiger partial charge is 0.248 e. The first kappa shape index (κ1) is 10.5. The number of nitrogens with one attached hydrogen (secondary N) is 1. The molecule has 18 heavy (non-hydrogen) atoms. The molecule has 3 rings (SSSR count). The summed E-state index contributed by atoms with van der Waals surface area (Å²) in [5.41, 5.74) is 12.9. The molecule has 0 aromatic heterocycles. The number of carbonyl (C=O) groups is 1. The monoisotopic (exact) mass is 238 g/mol. The fourth-order valence-electron chi connectivity index (χ4n) is 2.10. The van der Waals surface area contributed by atoms with Crippen molar-refractivity contribution in [2.24, 2.45) is 16.5 Å². The highest BCUT2D eigenvalue weighted by molar-refractivity contribution is 6.22. The van der Waals surface area contributed by atoms with E-state index < -0.39 is 5.91 Å². The molecule has 1 aliphatic rings. The van der Waals surface area contributed by atoms with Gasteiger partial charge in [-0.2, -0.15) is 0 Å². The van der Waals surface area contributed by atoms with E-state index in [9.17, 15) is 4.79 Å². The predicted octanol–water partition coefficient (Wildman–Crippen LogP) is 0.983. The first-order chi connectivity index (χ1) is 8.56. The molecule has 1 heterocycles. The van der Waals surface area contributed by atoms with Crippen LogP contribution in [0, 0.1) is 5.41 Å². The average molecular weight is 238 g/mol. The molecule has 0 saturated heterocycles. The fraction of sp³-hybridized carbons (Fsp3) is 0. The number of rotatable bonds is 1. The predicted molar refractivity (Wildman–Crippen MR) is 70.0 cm³/mol. The summed E-state index contributed by atoms with van der Waals surface area (Å²) in [7, 11) is 0. The van der Waals surface area contributed by atoms with Crippen molar-refractivity contribution in [2.45, 2.75) is 0 Å². The zero-order valence-corrected chi connectivity index (χ0v) is 9.40. The highest BCUT2D eigenvalue weighted by atomic mass is 16.1. The van der Waals surface area contributed by atoms with Crippen molar-refractivity contribution in [3.63, 3.8) is 0 Å². The van der Waals surface area contributed by atoms with E-state index in [1.165, 1.54) is 0 Å². The van der Waals surface area contributed by atoms with Gasteiger partial charge in [0.2, 0.25) is 5.91 Å². The standard InChI is InChI=1S/C13H10N4O/c14-11-9-4-6-1-2-7(13(16)18)3-8(6)5-10(9)12(15)17-11/h1-5H,(H2,16,18)(H3,14,15,17). The Balaban J connectivity index is 2.30. The summed E-state index contributed by atoms with van der Waals surface area (Å²) >= 11 is 0. The van der Waals surface area contributed by atoms with Gasteiger partial charge in [0, 0.05) is 16.7 Å². The molecule has 0 spiro atoms. The minimum atomic E-state index is -0.469. The molecule has 0 unspecified atom stereocenters. The van der Waals surface area contributed by atoms with Gasteiger partial charge in [-0.25, -0.2) is 4.99 Å². The molecule has 5 nitrogen and oxygen atoms in total. The topological polar surface area (TPSA) is 105 Å². The van der Waals surface area contributed by atoms with E-state index in [4.69, 9.17) is 16.9 Å². The average Bonchev–Trinajstić information content (AvgIpc) is 2.61. The van der Waals surface area contributed by atoms with Crippen LogP contribution >= 0.6 is 0 Å².